The Morgan fingerprint density at radius 1 is 1.41 bits per heavy atom. The van der Waals surface area contributed by atoms with Gasteiger partial charge in [-0.25, -0.2) is 4.79 Å². The van der Waals surface area contributed by atoms with E-state index in [1.54, 1.807) is 0 Å². The highest BCUT2D eigenvalue weighted by atomic mass is 19.4. The average molecular weight is 312 g/mol. The Hall–Kier alpha value is -2.36. The van der Waals surface area contributed by atoms with E-state index in [4.69, 9.17) is 5.73 Å². The number of amides is 1. The third-order valence-corrected chi connectivity index (χ3v) is 3.22. The van der Waals surface area contributed by atoms with Crippen LogP contribution in [0.4, 0.5) is 29.3 Å². The zero-order valence-corrected chi connectivity index (χ0v) is 11.9. The van der Waals surface area contributed by atoms with E-state index in [1.807, 2.05) is 6.92 Å². The smallest absolute Gasteiger partial charge is 0.415 e. The molecule has 1 amide bonds. The van der Waals surface area contributed by atoms with Crippen molar-refractivity contribution in [2.75, 3.05) is 11.1 Å². The summed E-state index contributed by atoms with van der Waals surface area (Å²) in [6.45, 7) is 1.90. The largest absolute Gasteiger partial charge is 0.445 e. The zero-order valence-electron chi connectivity index (χ0n) is 11.9. The average Bonchev–Trinajstić information content (AvgIpc) is 2.42. The van der Waals surface area contributed by atoms with Gasteiger partial charge in [0.1, 0.15) is 0 Å². The third-order valence-electron chi connectivity index (χ3n) is 3.22. The third kappa shape index (κ3) is 2.82. The molecule has 1 aromatic carbocycles. The van der Waals surface area contributed by atoms with Crippen LogP contribution in [-0.4, -0.2) is 12.3 Å². The molecule has 0 aromatic heterocycles. The molecule has 1 heterocycles. The molecule has 1 unspecified atom stereocenters. The summed E-state index contributed by atoms with van der Waals surface area (Å²) in [4.78, 5) is 11.5. The highest BCUT2D eigenvalue weighted by Crippen LogP contribution is 2.47. The molecule has 0 aliphatic carbocycles. The number of carbonyl (C=O) groups is 1. The molecule has 0 radical (unpaired) electrons. The van der Waals surface area contributed by atoms with Gasteiger partial charge >= 0.3 is 12.3 Å². The van der Waals surface area contributed by atoms with Gasteiger partial charge in [-0.2, -0.15) is 13.2 Å². The summed E-state index contributed by atoms with van der Waals surface area (Å²) >= 11 is 0. The van der Waals surface area contributed by atoms with Gasteiger partial charge in [0.05, 0.1) is 5.69 Å². The number of ether oxygens (including phenoxy) is 1. The van der Waals surface area contributed by atoms with E-state index in [9.17, 15) is 18.0 Å². The molecular weight excluding hydrogens is 297 g/mol. The molecule has 1 atom stereocenters. The Balaban J connectivity index is 2.60. The normalized spacial score (nSPS) is 20.3. The Morgan fingerprint density at radius 3 is 2.77 bits per heavy atom. The van der Waals surface area contributed by atoms with Crippen molar-refractivity contribution < 1.29 is 22.7 Å². The number of benzene rings is 1. The van der Waals surface area contributed by atoms with Gasteiger partial charge in [-0.1, -0.05) is 19.3 Å². The maximum absolute atomic E-state index is 13.6. The first-order valence-corrected chi connectivity index (χ1v) is 6.77. The summed E-state index contributed by atoms with van der Waals surface area (Å²) in [5.41, 5.74) is 2.40. The van der Waals surface area contributed by atoms with Crippen LogP contribution in [0, 0.1) is 11.8 Å². The molecule has 4 nitrogen and oxygen atoms in total. The Morgan fingerprint density at radius 2 is 2.14 bits per heavy atom. The number of rotatable bonds is 2. The minimum Gasteiger partial charge on any atom is -0.415 e. The van der Waals surface area contributed by atoms with Crippen molar-refractivity contribution in [3.8, 4) is 11.8 Å². The maximum Gasteiger partial charge on any atom is 0.445 e. The van der Waals surface area contributed by atoms with Crippen molar-refractivity contribution in [3.63, 3.8) is 0 Å². The summed E-state index contributed by atoms with van der Waals surface area (Å²) in [7, 11) is 0. The lowest BCUT2D eigenvalue weighted by Gasteiger charge is -2.35. The molecule has 22 heavy (non-hydrogen) atoms. The number of hydrogen-bond acceptors (Lipinski definition) is 3. The van der Waals surface area contributed by atoms with E-state index in [0.29, 0.717) is 6.42 Å². The molecule has 1 aromatic rings. The first-order chi connectivity index (χ1) is 10.3. The first kappa shape index (κ1) is 16.0. The number of alkyl halides is 3. The number of fused-ring (bicyclic) bond motifs is 1. The topological polar surface area (TPSA) is 64.3 Å². The van der Waals surface area contributed by atoms with Gasteiger partial charge in [0.2, 0.25) is 0 Å². The Labute approximate surface area is 125 Å². The number of unbranched alkanes of at least 4 members (excludes halogenated alkanes) is 2. The molecule has 0 saturated carbocycles. The van der Waals surface area contributed by atoms with E-state index in [0.717, 1.165) is 12.5 Å². The van der Waals surface area contributed by atoms with Gasteiger partial charge in [0, 0.05) is 17.7 Å². The van der Waals surface area contributed by atoms with Crippen LogP contribution >= 0.6 is 0 Å². The van der Waals surface area contributed by atoms with Crippen LogP contribution in [0.5, 0.6) is 0 Å². The van der Waals surface area contributed by atoms with Crippen LogP contribution in [0.15, 0.2) is 18.2 Å². The SMILES string of the molecule is CCCCC#CC1(C(F)(F)F)OC(=O)Nc2ccc(N)cc21. The molecule has 3 N–H and O–H groups in total. The van der Waals surface area contributed by atoms with Crippen molar-refractivity contribution in [2.24, 2.45) is 0 Å². The van der Waals surface area contributed by atoms with E-state index in [2.05, 4.69) is 21.9 Å². The summed E-state index contributed by atoms with van der Waals surface area (Å²) in [6.07, 6.45) is -4.32. The number of carbonyl (C=O) groups excluding carboxylic acids is 1. The molecule has 7 heteroatoms. The summed E-state index contributed by atoms with van der Waals surface area (Å²) in [6, 6.07) is 3.83. The van der Waals surface area contributed by atoms with Gasteiger partial charge in [-0.15, -0.1) is 0 Å². The number of nitrogen functional groups attached to an aromatic ring is 1. The standard InChI is InChI=1S/C15H15F3N2O2/c1-2-3-4-5-8-14(15(16,17)18)11-9-10(19)6-7-12(11)20-13(21)22-14/h6-7,9H,2-4,19H2,1H3,(H,20,21). The van der Waals surface area contributed by atoms with Crippen LogP contribution in [0.25, 0.3) is 0 Å². The quantitative estimate of drug-likeness (QED) is 0.496. The molecule has 1 aliphatic heterocycles. The fourth-order valence-corrected chi connectivity index (χ4v) is 2.12. The van der Waals surface area contributed by atoms with Gasteiger partial charge in [0.25, 0.3) is 5.60 Å². The van der Waals surface area contributed by atoms with Crippen molar-refractivity contribution >= 4 is 17.5 Å². The highest BCUT2D eigenvalue weighted by molar-refractivity contribution is 5.90. The molecule has 0 spiro atoms. The molecule has 2 rings (SSSR count). The molecule has 0 fully saturated rings. The van der Waals surface area contributed by atoms with E-state index < -0.39 is 17.9 Å². The lowest BCUT2D eigenvalue weighted by Crippen LogP contribution is -2.49. The van der Waals surface area contributed by atoms with Gasteiger partial charge in [-0.05, 0) is 30.5 Å². The Bertz CT molecular complexity index is 646. The van der Waals surface area contributed by atoms with Gasteiger partial charge in [0.15, 0.2) is 0 Å². The molecule has 118 valence electrons. The second kappa shape index (κ2) is 5.79. The Kier molecular flexibility index (Phi) is 4.22. The van der Waals surface area contributed by atoms with Crippen molar-refractivity contribution in [3.05, 3.63) is 23.8 Å². The fraction of sp³-hybridized carbons (Fsp3) is 0.400. The number of anilines is 2. The van der Waals surface area contributed by atoms with Crippen LogP contribution < -0.4 is 11.1 Å². The monoisotopic (exact) mass is 312 g/mol. The number of nitrogens with two attached hydrogens (primary N) is 1. The first-order valence-electron chi connectivity index (χ1n) is 6.77. The number of halogens is 3. The predicted molar refractivity (Wildman–Crippen MR) is 76.0 cm³/mol. The highest BCUT2D eigenvalue weighted by Gasteiger charge is 2.61. The van der Waals surface area contributed by atoms with Crippen molar-refractivity contribution in [2.45, 2.75) is 38.0 Å². The minimum absolute atomic E-state index is 0.00688. The summed E-state index contributed by atoms with van der Waals surface area (Å²) in [5.74, 6) is 4.58. The second-order valence-corrected chi connectivity index (χ2v) is 4.90. The molecular formula is C15H15F3N2O2. The van der Waals surface area contributed by atoms with E-state index in [1.165, 1.54) is 12.1 Å². The van der Waals surface area contributed by atoms with Crippen LogP contribution in [-0.2, 0) is 10.3 Å². The van der Waals surface area contributed by atoms with Crippen molar-refractivity contribution in [1.82, 2.24) is 0 Å². The predicted octanol–water partition coefficient (Wildman–Crippen LogP) is 3.78. The number of nitrogens with one attached hydrogen (secondary N) is 1. The number of cyclic esters (lactones) is 1. The van der Waals surface area contributed by atoms with Crippen LogP contribution in [0.3, 0.4) is 0 Å². The molecule has 1 aliphatic rings. The molecule has 0 bridgehead atoms. The lowest BCUT2D eigenvalue weighted by molar-refractivity contribution is -0.239. The van der Waals surface area contributed by atoms with Gasteiger partial charge in [-0.3, -0.25) is 5.32 Å². The summed E-state index contributed by atoms with van der Waals surface area (Å²) in [5, 5.41) is 2.23. The molecule has 0 saturated heterocycles. The second-order valence-electron chi connectivity index (χ2n) is 4.90. The van der Waals surface area contributed by atoms with Crippen molar-refractivity contribution in [1.29, 1.82) is 0 Å². The summed E-state index contributed by atoms with van der Waals surface area (Å²) < 4.78 is 45.5. The minimum atomic E-state index is -4.88. The zero-order chi connectivity index (χ0) is 16.4. The van der Waals surface area contributed by atoms with E-state index >= 15 is 0 Å². The van der Waals surface area contributed by atoms with Crippen LogP contribution in [0.2, 0.25) is 0 Å². The lowest BCUT2D eigenvalue weighted by atomic mass is 9.90. The fourth-order valence-electron chi connectivity index (χ4n) is 2.12. The maximum atomic E-state index is 13.6. The van der Waals surface area contributed by atoms with E-state index in [-0.39, 0.29) is 23.4 Å². The van der Waals surface area contributed by atoms with Gasteiger partial charge < -0.3 is 10.5 Å². The van der Waals surface area contributed by atoms with Crippen LogP contribution in [0.1, 0.15) is 31.7 Å². The number of hydrogen-bond donors (Lipinski definition) is 2.